The molecule has 59 heavy (non-hydrogen) atoms. The van der Waals surface area contributed by atoms with Gasteiger partial charge in [-0.15, -0.1) is 0 Å². The van der Waals surface area contributed by atoms with Crippen LogP contribution in [0.5, 0.6) is 0 Å². The zero-order valence-corrected chi connectivity index (χ0v) is 33.9. The SMILES string of the molecule is Cc1ccccc1-c1c2ccc(N3c4ccccc4Sc4ccccc43)cc2c(-c2ccc3ccccc3c2)c2ccc(N3c4ccccc4Sc4ccccc43)cc12. The Morgan fingerprint density at radius 1 is 0.339 bits per heavy atom. The van der Waals surface area contributed by atoms with Crippen molar-refractivity contribution in [3.05, 3.63) is 206 Å². The van der Waals surface area contributed by atoms with Gasteiger partial charge in [0.1, 0.15) is 0 Å². The average Bonchev–Trinajstić information content (AvgIpc) is 3.29. The summed E-state index contributed by atoms with van der Waals surface area (Å²) < 4.78 is 0. The second-order valence-corrected chi connectivity index (χ2v) is 17.5. The van der Waals surface area contributed by atoms with E-state index in [0.29, 0.717) is 0 Å². The molecule has 0 radical (unpaired) electrons. The molecule has 0 aromatic heterocycles. The standard InChI is InChI=1S/C55H36N2S2/c1-35-14-2-5-17-41(35)55-43-31-29-39(56-46-18-6-10-22-50(46)58-51-23-11-7-19-47(51)56)33-44(43)54(38-27-26-36-15-3-4-16-37(36)32-38)42-30-28-40(34-45(42)55)57-48-20-8-12-24-52(48)59-53-25-13-9-21-49(53)57/h2-34H,1H3. The number of hydrogen-bond acceptors (Lipinski definition) is 4. The van der Waals surface area contributed by atoms with E-state index >= 15 is 0 Å². The molecule has 12 rings (SSSR count). The van der Waals surface area contributed by atoms with Crippen LogP contribution in [0.4, 0.5) is 34.1 Å². The number of fused-ring (bicyclic) bond motifs is 7. The van der Waals surface area contributed by atoms with E-state index in [4.69, 9.17) is 0 Å². The summed E-state index contributed by atoms with van der Waals surface area (Å²) in [6.45, 7) is 2.25. The highest BCUT2D eigenvalue weighted by molar-refractivity contribution is 8.00. The van der Waals surface area contributed by atoms with Crippen molar-refractivity contribution in [3.8, 4) is 22.3 Å². The average molecular weight is 789 g/mol. The second kappa shape index (κ2) is 13.7. The minimum Gasteiger partial charge on any atom is -0.308 e. The molecule has 0 atom stereocenters. The first-order valence-electron chi connectivity index (χ1n) is 20.1. The number of aryl methyl sites for hydroxylation is 1. The number of anilines is 6. The lowest BCUT2D eigenvalue weighted by Gasteiger charge is -2.34. The summed E-state index contributed by atoms with van der Waals surface area (Å²) in [5.74, 6) is 0. The fraction of sp³-hybridized carbons (Fsp3) is 0.0182. The van der Waals surface area contributed by atoms with Crippen molar-refractivity contribution in [2.24, 2.45) is 0 Å². The van der Waals surface area contributed by atoms with Crippen LogP contribution in [0.1, 0.15) is 5.56 Å². The van der Waals surface area contributed by atoms with E-state index in [9.17, 15) is 0 Å². The summed E-state index contributed by atoms with van der Waals surface area (Å²) in [6.07, 6.45) is 0. The van der Waals surface area contributed by atoms with Crippen LogP contribution >= 0.6 is 23.5 Å². The van der Waals surface area contributed by atoms with Crippen LogP contribution in [0, 0.1) is 6.92 Å². The highest BCUT2D eigenvalue weighted by Gasteiger charge is 2.28. The van der Waals surface area contributed by atoms with Crippen molar-refractivity contribution in [1.29, 1.82) is 0 Å². The minimum atomic E-state index is 1.14. The Hall–Kier alpha value is -6.72. The van der Waals surface area contributed by atoms with E-state index in [1.54, 1.807) is 0 Å². The first kappa shape index (κ1) is 34.3. The Labute approximate surface area is 352 Å². The Balaban J connectivity index is 1.20. The minimum absolute atomic E-state index is 1.14. The van der Waals surface area contributed by atoms with Crippen LogP contribution in [0.2, 0.25) is 0 Å². The molecule has 278 valence electrons. The fourth-order valence-electron chi connectivity index (χ4n) is 9.25. The molecule has 2 aliphatic heterocycles. The molecule has 4 heteroatoms. The van der Waals surface area contributed by atoms with Gasteiger partial charge in [0, 0.05) is 31.0 Å². The predicted octanol–water partition coefficient (Wildman–Crippen LogP) is 16.7. The normalized spacial score (nSPS) is 13.0. The lowest BCUT2D eigenvalue weighted by atomic mass is 9.84. The fourth-order valence-corrected chi connectivity index (χ4v) is 11.4. The van der Waals surface area contributed by atoms with Crippen molar-refractivity contribution in [1.82, 2.24) is 0 Å². The first-order valence-corrected chi connectivity index (χ1v) is 21.7. The first-order chi connectivity index (χ1) is 29.2. The number of benzene rings is 10. The summed E-state index contributed by atoms with van der Waals surface area (Å²) in [6, 6.07) is 74.1. The molecule has 0 N–H and O–H groups in total. The third-order valence-corrected chi connectivity index (χ3v) is 14.2. The number of nitrogens with zero attached hydrogens (tertiary/aromatic N) is 2. The van der Waals surface area contributed by atoms with Gasteiger partial charge in [0.05, 0.1) is 22.7 Å². The van der Waals surface area contributed by atoms with E-state index in [1.807, 2.05) is 23.5 Å². The number of rotatable bonds is 4. The largest absolute Gasteiger partial charge is 0.308 e. The van der Waals surface area contributed by atoms with E-state index < -0.39 is 0 Å². The van der Waals surface area contributed by atoms with Gasteiger partial charge in [-0.1, -0.05) is 145 Å². The van der Waals surface area contributed by atoms with Crippen molar-refractivity contribution in [3.63, 3.8) is 0 Å². The maximum Gasteiger partial charge on any atom is 0.0601 e. The molecule has 2 heterocycles. The van der Waals surface area contributed by atoms with Crippen LogP contribution in [-0.4, -0.2) is 0 Å². The van der Waals surface area contributed by atoms with Gasteiger partial charge in [-0.2, -0.15) is 0 Å². The second-order valence-electron chi connectivity index (χ2n) is 15.3. The van der Waals surface area contributed by atoms with Gasteiger partial charge >= 0.3 is 0 Å². The molecule has 10 aromatic carbocycles. The van der Waals surface area contributed by atoms with E-state index in [-0.39, 0.29) is 0 Å². The topological polar surface area (TPSA) is 6.48 Å². The number of para-hydroxylation sites is 4. The molecule has 0 amide bonds. The summed E-state index contributed by atoms with van der Waals surface area (Å²) >= 11 is 3.69. The Morgan fingerprint density at radius 2 is 0.780 bits per heavy atom. The molecule has 2 aliphatic rings. The monoisotopic (exact) mass is 788 g/mol. The van der Waals surface area contributed by atoms with E-state index in [2.05, 4.69) is 217 Å². The Kier molecular flexibility index (Phi) is 7.97. The molecule has 0 aliphatic carbocycles. The molecule has 0 saturated carbocycles. The molecule has 2 nitrogen and oxygen atoms in total. The molecule has 10 aromatic rings. The lowest BCUT2D eigenvalue weighted by Crippen LogP contribution is -2.15. The smallest absolute Gasteiger partial charge is 0.0601 e. The predicted molar refractivity (Wildman–Crippen MR) is 252 cm³/mol. The summed E-state index contributed by atoms with van der Waals surface area (Å²) in [7, 11) is 0. The summed E-state index contributed by atoms with van der Waals surface area (Å²) in [4.78, 5) is 9.93. The van der Waals surface area contributed by atoms with Gasteiger partial charge in [-0.3, -0.25) is 0 Å². The van der Waals surface area contributed by atoms with Gasteiger partial charge in [0.15, 0.2) is 0 Å². The van der Waals surface area contributed by atoms with Crippen LogP contribution in [0.15, 0.2) is 220 Å². The third kappa shape index (κ3) is 5.51. The van der Waals surface area contributed by atoms with Crippen molar-refractivity contribution < 1.29 is 0 Å². The molecule has 0 saturated heterocycles. The van der Waals surface area contributed by atoms with Gasteiger partial charge < -0.3 is 9.80 Å². The zero-order valence-electron chi connectivity index (χ0n) is 32.3. The zero-order chi connectivity index (χ0) is 39.0. The van der Waals surface area contributed by atoms with Crippen molar-refractivity contribution in [2.75, 3.05) is 9.80 Å². The van der Waals surface area contributed by atoms with Gasteiger partial charge in [0.25, 0.3) is 0 Å². The molecule has 0 fully saturated rings. The highest BCUT2D eigenvalue weighted by atomic mass is 32.2. The van der Waals surface area contributed by atoms with Crippen LogP contribution in [0.3, 0.4) is 0 Å². The molecule has 0 spiro atoms. The maximum absolute atomic E-state index is 2.45. The molecular formula is C55H36N2S2. The highest BCUT2D eigenvalue weighted by Crippen LogP contribution is 2.55. The quantitative estimate of drug-likeness (QED) is 0.164. The van der Waals surface area contributed by atoms with Crippen LogP contribution < -0.4 is 9.80 Å². The number of hydrogen-bond donors (Lipinski definition) is 0. The van der Waals surface area contributed by atoms with Crippen LogP contribution in [-0.2, 0) is 0 Å². The molecular weight excluding hydrogens is 753 g/mol. The molecule has 0 unspecified atom stereocenters. The van der Waals surface area contributed by atoms with Gasteiger partial charge in [-0.05, 0) is 146 Å². The van der Waals surface area contributed by atoms with E-state index in [1.165, 1.54) is 102 Å². The van der Waals surface area contributed by atoms with Crippen LogP contribution in [0.25, 0.3) is 54.6 Å². The molecule has 0 bridgehead atoms. The lowest BCUT2D eigenvalue weighted by molar-refractivity contribution is 1.17. The van der Waals surface area contributed by atoms with E-state index in [0.717, 1.165) is 11.4 Å². The summed E-state index contributed by atoms with van der Waals surface area (Å²) in [5, 5.41) is 7.40. The summed E-state index contributed by atoms with van der Waals surface area (Å²) in [5.41, 5.74) is 13.3. The van der Waals surface area contributed by atoms with Crippen molar-refractivity contribution >= 4 is 90.0 Å². The third-order valence-electron chi connectivity index (χ3n) is 11.9. The Morgan fingerprint density at radius 3 is 1.32 bits per heavy atom. The van der Waals surface area contributed by atoms with Gasteiger partial charge in [0.2, 0.25) is 0 Å². The maximum atomic E-state index is 2.45. The van der Waals surface area contributed by atoms with Gasteiger partial charge in [-0.25, -0.2) is 0 Å². The van der Waals surface area contributed by atoms with Crippen molar-refractivity contribution in [2.45, 2.75) is 26.5 Å². The Bertz CT molecular complexity index is 3240.